The highest BCUT2D eigenvalue weighted by Gasteiger charge is 2.43. The van der Waals surface area contributed by atoms with Crippen LogP contribution in [-0.4, -0.2) is 25.4 Å². The molecule has 3 rings (SSSR count). The van der Waals surface area contributed by atoms with Crippen LogP contribution < -0.4 is 10.1 Å². The molecule has 4 heteroatoms. The first-order valence-corrected chi connectivity index (χ1v) is 7.83. The third-order valence-corrected chi connectivity index (χ3v) is 4.79. The Bertz CT molecular complexity index is 474. The lowest BCUT2D eigenvalue weighted by atomic mass is 9.74. The van der Waals surface area contributed by atoms with Crippen molar-refractivity contribution in [1.82, 2.24) is 5.32 Å². The minimum Gasteiger partial charge on any atom is -0.490 e. The molecule has 1 aromatic rings. The summed E-state index contributed by atoms with van der Waals surface area (Å²) in [5, 5.41) is 3.92. The molecule has 3 nitrogen and oxygen atoms in total. The van der Waals surface area contributed by atoms with Crippen molar-refractivity contribution in [3.8, 4) is 5.75 Å². The van der Waals surface area contributed by atoms with Crippen molar-refractivity contribution in [2.24, 2.45) is 0 Å². The van der Waals surface area contributed by atoms with E-state index in [1.54, 1.807) is 0 Å². The van der Waals surface area contributed by atoms with Crippen LogP contribution in [0.25, 0.3) is 0 Å². The average molecular weight is 296 g/mol. The van der Waals surface area contributed by atoms with Gasteiger partial charge in [-0.05, 0) is 38.4 Å². The Morgan fingerprint density at radius 2 is 2.30 bits per heavy atom. The lowest BCUT2D eigenvalue weighted by Crippen LogP contribution is -2.48. The summed E-state index contributed by atoms with van der Waals surface area (Å²) in [5.74, 6) is 0.910. The summed E-state index contributed by atoms with van der Waals surface area (Å²) in [7, 11) is 1.92. The van der Waals surface area contributed by atoms with Crippen LogP contribution in [0, 0.1) is 0 Å². The van der Waals surface area contributed by atoms with Crippen LogP contribution in [0.2, 0.25) is 5.02 Å². The summed E-state index contributed by atoms with van der Waals surface area (Å²) in [6.45, 7) is 1.54. The van der Waals surface area contributed by atoms with Gasteiger partial charge in [-0.1, -0.05) is 17.7 Å². The Balaban J connectivity index is 1.72. The number of hydrogen-bond donors (Lipinski definition) is 1. The van der Waals surface area contributed by atoms with Gasteiger partial charge in [0, 0.05) is 30.0 Å². The minimum absolute atomic E-state index is 0.116. The number of hydrogen-bond acceptors (Lipinski definition) is 3. The van der Waals surface area contributed by atoms with E-state index in [0.29, 0.717) is 0 Å². The van der Waals surface area contributed by atoms with E-state index in [1.165, 1.54) is 19.3 Å². The molecule has 0 amide bonds. The molecule has 0 bridgehead atoms. The van der Waals surface area contributed by atoms with Gasteiger partial charge >= 0.3 is 0 Å². The van der Waals surface area contributed by atoms with Gasteiger partial charge in [0.05, 0.1) is 12.2 Å². The molecule has 1 heterocycles. The van der Waals surface area contributed by atoms with Crippen molar-refractivity contribution in [1.29, 1.82) is 0 Å². The SMILES string of the molecule is CNCc1c(Cl)cccc1OC1CCOC2(CCC2)C1. The molecular weight excluding hydrogens is 274 g/mol. The molecule has 2 fully saturated rings. The van der Waals surface area contributed by atoms with Crippen molar-refractivity contribution < 1.29 is 9.47 Å². The molecule has 1 aliphatic heterocycles. The summed E-state index contributed by atoms with van der Waals surface area (Å²) in [6, 6.07) is 5.88. The minimum atomic E-state index is 0.116. The highest BCUT2D eigenvalue weighted by molar-refractivity contribution is 6.31. The van der Waals surface area contributed by atoms with E-state index in [2.05, 4.69) is 5.32 Å². The fraction of sp³-hybridized carbons (Fsp3) is 0.625. The Morgan fingerprint density at radius 1 is 1.45 bits per heavy atom. The Hall–Kier alpha value is -0.770. The molecule has 2 aliphatic rings. The number of benzene rings is 1. The van der Waals surface area contributed by atoms with Crippen LogP contribution >= 0.6 is 11.6 Å². The van der Waals surface area contributed by atoms with Crippen molar-refractivity contribution >= 4 is 11.6 Å². The number of halogens is 1. The van der Waals surface area contributed by atoms with E-state index in [9.17, 15) is 0 Å². The zero-order valence-corrected chi connectivity index (χ0v) is 12.7. The topological polar surface area (TPSA) is 30.5 Å². The van der Waals surface area contributed by atoms with Crippen LogP contribution in [0.4, 0.5) is 0 Å². The molecule has 1 saturated carbocycles. The van der Waals surface area contributed by atoms with Gasteiger partial charge in [0.2, 0.25) is 0 Å². The van der Waals surface area contributed by atoms with Crippen molar-refractivity contribution in [2.75, 3.05) is 13.7 Å². The molecule has 20 heavy (non-hydrogen) atoms. The summed E-state index contributed by atoms with van der Waals surface area (Å²) in [4.78, 5) is 0. The monoisotopic (exact) mass is 295 g/mol. The molecule has 1 spiro atoms. The normalized spacial score (nSPS) is 24.4. The lowest BCUT2D eigenvalue weighted by molar-refractivity contribution is -0.153. The predicted molar refractivity (Wildman–Crippen MR) is 80.4 cm³/mol. The second-order valence-corrected chi connectivity index (χ2v) is 6.27. The molecule has 0 aromatic heterocycles. The van der Waals surface area contributed by atoms with E-state index in [0.717, 1.165) is 42.3 Å². The second kappa shape index (κ2) is 5.92. The van der Waals surface area contributed by atoms with Crippen LogP contribution in [-0.2, 0) is 11.3 Å². The Labute approximate surface area is 125 Å². The molecule has 1 saturated heterocycles. The van der Waals surface area contributed by atoms with Gasteiger partial charge in [0.25, 0.3) is 0 Å². The van der Waals surface area contributed by atoms with Crippen molar-refractivity contribution in [3.05, 3.63) is 28.8 Å². The zero-order valence-electron chi connectivity index (χ0n) is 12.0. The van der Waals surface area contributed by atoms with Gasteiger partial charge < -0.3 is 14.8 Å². The van der Waals surface area contributed by atoms with Crippen LogP contribution in [0.5, 0.6) is 5.75 Å². The molecule has 1 N–H and O–H groups in total. The molecule has 1 unspecified atom stereocenters. The van der Waals surface area contributed by atoms with E-state index in [-0.39, 0.29) is 11.7 Å². The van der Waals surface area contributed by atoms with Crippen LogP contribution in [0.1, 0.15) is 37.7 Å². The molecular formula is C16H22ClNO2. The largest absolute Gasteiger partial charge is 0.490 e. The van der Waals surface area contributed by atoms with Gasteiger partial charge in [-0.3, -0.25) is 0 Å². The van der Waals surface area contributed by atoms with Crippen LogP contribution in [0.3, 0.4) is 0 Å². The molecule has 0 radical (unpaired) electrons. The summed E-state index contributed by atoms with van der Waals surface area (Å²) >= 11 is 6.28. The lowest BCUT2D eigenvalue weighted by Gasteiger charge is -2.47. The number of ether oxygens (including phenoxy) is 2. The Morgan fingerprint density at radius 3 is 3.00 bits per heavy atom. The molecule has 1 aromatic carbocycles. The highest BCUT2D eigenvalue weighted by Crippen LogP contribution is 2.43. The van der Waals surface area contributed by atoms with Crippen molar-refractivity contribution in [3.63, 3.8) is 0 Å². The van der Waals surface area contributed by atoms with Gasteiger partial charge in [-0.25, -0.2) is 0 Å². The van der Waals surface area contributed by atoms with E-state index >= 15 is 0 Å². The fourth-order valence-corrected chi connectivity index (χ4v) is 3.41. The second-order valence-electron chi connectivity index (χ2n) is 5.86. The fourth-order valence-electron chi connectivity index (χ4n) is 3.18. The van der Waals surface area contributed by atoms with E-state index < -0.39 is 0 Å². The van der Waals surface area contributed by atoms with Gasteiger partial charge in [0.1, 0.15) is 11.9 Å². The first-order valence-electron chi connectivity index (χ1n) is 7.45. The van der Waals surface area contributed by atoms with E-state index in [1.807, 2.05) is 25.2 Å². The smallest absolute Gasteiger partial charge is 0.125 e. The van der Waals surface area contributed by atoms with Gasteiger partial charge in [-0.15, -0.1) is 0 Å². The van der Waals surface area contributed by atoms with Crippen LogP contribution in [0.15, 0.2) is 18.2 Å². The quantitative estimate of drug-likeness (QED) is 0.921. The standard InChI is InChI=1S/C16H22ClNO2/c1-18-11-13-14(17)4-2-5-15(13)20-12-6-9-19-16(10-12)7-3-8-16/h2,4-5,12,18H,3,6-11H2,1H3. The zero-order chi connectivity index (χ0) is 14.0. The first-order chi connectivity index (χ1) is 9.72. The van der Waals surface area contributed by atoms with Gasteiger partial charge in [-0.2, -0.15) is 0 Å². The van der Waals surface area contributed by atoms with Crippen molar-refractivity contribution in [2.45, 2.75) is 50.4 Å². The highest BCUT2D eigenvalue weighted by atomic mass is 35.5. The third-order valence-electron chi connectivity index (χ3n) is 4.44. The third kappa shape index (κ3) is 2.80. The predicted octanol–water partition coefficient (Wildman–Crippen LogP) is 3.54. The maximum absolute atomic E-state index is 6.28. The van der Waals surface area contributed by atoms with Gasteiger partial charge in [0.15, 0.2) is 0 Å². The number of rotatable bonds is 4. The molecule has 1 atom stereocenters. The maximum atomic E-state index is 6.28. The van der Waals surface area contributed by atoms with E-state index in [4.69, 9.17) is 21.1 Å². The first kappa shape index (κ1) is 14.2. The summed E-state index contributed by atoms with van der Waals surface area (Å²) in [6.07, 6.45) is 5.89. The summed E-state index contributed by atoms with van der Waals surface area (Å²) in [5.41, 5.74) is 1.16. The Kier molecular flexibility index (Phi) is 4.20. The number of nitrogens with one attached hydrogen (secondary N) is 1. The maximum Gasteiger partial charge on any atom is 0.125 e. The average Bonchev–Trinajstić information content (AvgIpc) is 2.41. The molecule has 1 aliphatic carbocycles. The summed E-state index contributed by atoms with van der Waals surface area (Å²) < 4.78 is 12.2. The molecule has 110 valence electrons.